The number of thiophene rings is 1. The topological polar surface area (TPSA) is 38.1 Å². The number of para-hydroxylation sites is 1. The van der Waals surface area contributed by atoms with E-state index >= 15 is 0 Å². The minimum absolute atomic E-state index is 0.0354. The van der Waals surface area contributed by atoms with Gasteiger partial charge in [-0.3, -0.25) is 4.79 Å². The number of aromatic nitrogens is 2. The summed E-state index contributed by atoms with van der Waals surface area (Å²) in [5.74, 6) is -0.0354. The van der Waals surface area contributed by atoms with E-state index in [1.807, 2.05) is 37.4 Å². The van der Waals surface area contributed by atoms with Crippen LogP contribution in [0.3, 0.4) is 0 Å². The summed E-state index contributed by atoms with van der Waals surface area (Å²) >= 11 is 5.20. The molecule has 24 heavy (non-hydrogen) atoms. The predicted molar refractivity (Wildman–Crippen MR) is 101 cm³/mol. The van der Waals surface area contributed by atoms with Gasteiger partial charge < -0.3 is 4.90 Å². The lowest BCUT2D eigenvalue weighted by atomic mass is 10.1. The Morgan fingerprint density at radius 1 is 1.33 bits per heavy atom. The van der Waals surface area contributed by atoms with E-state index in [1.165, 1.54) is 5.56 Å². The fourth-order valence-corrected chi connectivity index (χ4v) is 3.75. The Morgan fingerprint density at radius 2 is 2.08 bits per heavy atom. The number of rotatable bonds is 5. The monoisotopic (exact) mass is 403 g/mol. The van der Waals surface area contributed by atoms with Crippen LogP contribution in [-0.2, 0) is 6.42 Å². The second-order valence-corrected chi connectivity index (χ2v) is 7.23. The van der Waals surface area contributed by atoms with E-state index in [-0.39, 0.29) is 11.9 Å². The van der Waals surface area contributed by atoms with Crippen molar-refractivity contribution >= 4 is 33.2 Å². The van der Waals surface area contributed by atoms with Crippen molar-refractivity contribution in [2.24, 2.45) is 0 Å². The molecule has 0 radical (unpaired) electrons. The van der Waals surface area contributed by atoms with Gasteiger partial charge in [-0.05, 0) is 63.8 Å². The molecule has 1 atom stereocenters. The highest BCUT2D eigenvalue weighted by Crippen LogP contribution is 2.23. The number of hydrogen-bond donors (Lipinski definition) is 0. The Kier molecular flexibility index (Phi) is 5.16. The van der Waals surface area contributed by atoms with E-state index in [1.54, 1.807) is 27.1 Å². The number of amides is 1. The molecule has 0 bridgehead atoms. The Bertz CT molecular complexity index is 814. The van der Waals surface area contributed by atoms with Crippen LogP contribution >= 0.6 is 27.3 Å². The summed E-state index contributed by atoms with van der Waals surface area (Å²) in [4.78, 5) is 14.6. The fourth-order valence-electron chi connectivity index (χ4n) is 2.50. The van der Waals surface area contributed by atoms with E-state index < -0.39 is 0 Å². The maximum atomic E-state index is 12.8. The number of carbonyl (C=O) groups excluding carboxylic acids is 1. The first-order valence-electron chi connectivity index (χ1n) is 7.65. The summed E-state index contributed by atoms with van der Waals surface area (Å²) in [7, 11) is 1.84. The van der Waals surface area contributed by atoms with Crippen molar-refractivity contribution < 1.29 is 4.79 Å². The summed E-state index contributed by atoms with van der Waals surface area (Å²) < 4.78 is 2.40. The van der Waals surface area contributed by atoms with Crippen molar-refractivity contribution in [3.8, 4) is 5.69 Å². The molecule has 0 saturated heterocycles. The lowest BCUT2D eigenvalue weighted by Gasteiger charge is -2.24. The van der Waals surface area contributed by atoms with Gasteiger partial charge in [-0.15, -0.1) is 0 Å². The van der Waals surface area contributed by atoms with Gasteiger partial charge in [0.15, 0.2) is 0 Å². The fraction of sp³-hybridized carbons (Fsp3) is 0.222. The van der Waals surface area contributed by atoms with Crippen LogP contribution < -0.4 is 0 Å². The molecule has 0 aliphatic rings. The SMILES string of the molecule is CC(Cc1ccsc1)N(C)C(=O)c1cnn(-c2ccccc2)c1Br. The first-order valence-corrected chi connectivity index (χ1v) is 9.38. The molecule has 0 aliphatic carbocycles. The van der Waals surface area contributed by atoms with Crippen molar-refractivity contribution in [2.75, 3.05) is 7.05 Å². The molecule has 1 unspecified atom stereocenters. The van der Waals surface area contributed by atoms with Gasteiger partial charge in [0, 0.05) is 13.1 Å². The highest BCUT2D eigenvalue weighted by atomic mass is 79.9. The quantitative estimate of drug-likeness (QED) is 0.632. The molecule has 6 heteroatoms. The van der Waals surface area contributed by atoms with E-state index in [2.05, 4.69) is 44.8 Å². The maximum Gasteiger partial charge on any atom is 0.258 e. The third-order valence-corrected chi connectivity index (χ3v) is 5.53. The van der Waals surface area contributed by atoms with Gasteiger partial charge in [0.1, 0.15) is 4.60 Å². The average Bonchev–Trinajstić information content (AvgIpc) is 3.24. The number of hydrogen-bond acceptors (Lipinski definition) is 3. The molecule has 0 fully saturated rings. The highest BCUT2D eigenvalue weighted by molar-refractivity contribution is 9.10. The Hall–Kier alpha value is -1.92. The van der Waals surface area contributed by atoms with Crippen molar-refractivity contribution in [3.05, 3.63) is 69.1 Å². The van der Waals surface area contributed by atoms with E-state index in [9.17, 15) is 4.79 Å². The van der Waals surface area contributed by atoms with Crippen LogP contribution in [0.4, 0.5) is 0 Å². The Labute approximate surface area is 153 Å². The minimum atomic E-state index is -0.0354. The third-order valence-electron chi connectivity index (χ3n) is 4.03. The number of carbonyl (C=O) groups is 1. The lowest BCUT2D eigenvalue weighted by molar-refractivity contribution is 0.0742. The molecule has 124 valence electrons. The Morgan fingerprint density at radius 3 is 2.75 bits per heavy atom. The number of benzene rings is 1. The number of halogens is 1. The van der Waals surface area contributed by atoms with Crippen molar-refractivity contribution in [1.29, 1.82) is 0 Å². The third kappa shape index (κ3) is 3.44. The molecule has 3 aromatic rings. The van der Waals surface area contributed by atoms with Gasteiger partial charge in [0.2, 0.25) is 0 Å². The molecular formula is C18H18BrN3OS. The lowest BCUT2D eigenvalue weighted by Crippen LogP contribution is -2.36. The molecule has 3 rings (SSSR count). The molecule has 1 amide bonds. The average molecular weight is 404 g/mol. The standard InChI is InChI=1S/C18H18BrN3OS/c1-13(10-14-8-9-24-12-14)21(2)18(23)16-11-20-22(17(16)19)15-6-4-3-5-7-15/h3-9,11-13H,10H2,1-2H3. The summed E-state index contributed by atoms with van der Waals surface area (Å²) in [5, 5.41) is 8.53. The molecule has 2 aromatic heterocycles. The molecule has 0 spiro atoms. The smallest absolute Gasteiger partial charge is 0.258 e. The molecule has 2 heterocycles. The normalized spacial score (nSPS) is 12.1. The zero-order valence-corrected chi connectivity index (χ0v) is 15.9. The highest BCUT2D eigenvalue weighted by Gasteiger charge is 2.23. The van der Waals surface area contributed by atoms with Crippen LogP contribution in [0.5, 0.6) is 0 Å². The minimum Gasteiger partial charge on any atom is -0.339 e. The molecule has 0 saturated carbocycles. The summed E-state index contributed by atoms with van der Waals surface area (Å²) in [6.07, 6.45) is 2.46. The molecular weight excluding hydrogens is 386 g/mol. The first-order chi connectivity index (χ1) is 11.6. The largest absolute Gasteiger partial charge is 0.339 e. The van der Waals surface area contributed by atoms with Crippen LogP contribution in [0.25, 0.3) is 5.69 Å². The molecule has 4 nitrogen and oxygen atoms in total. The molecule has 0 aliphatic heterocycles. The summed E-state index contributed by atoms with van der Waals surface area (Å²) in [6, 6.07) is 12.0. The van der Waals surface area contributed by atoms with Crippen molar-refractivity contribution in [2.45, 2.75) is 19.4 Å². The van der Waals surface area contributed by atoms with E-state index in [0.29, 0.717) is 10.2 Å². The second kappa shape index (κ2) is 7.32. The molecule has 0 N–H and O–H groups in total. The molecule has 1 aromatic carbocycles. The zero-order valence-electron chi connectivity index (χ0n) is 13.5. The van der Waals surface area contributed by atoms with Crippen molar-refractivity contribution in [1.82, 2.24) is 14.7 Å². The van der Waals surface area contributed by atoms with Gasteiger partial charge >= 0.3 is 0 Å². The van der Waals surface area contributed by atoms with E-state index in [4.69, 9.17) is 0 Å². The van der Waals surface area contributed by atoms with Gasteiger partial charge in [-0.1, -0.05) is 18.2 Å². The Balaban J connectivity index is 1.79. The van der Waals surface area contributed by atoms with Crippen LogP contribution in [0.1, 0.15) is 22.8 Å². The van der Waals surface area contributed by atoms with Crippen LogP contribution in [0.15, 0.2) is 58.0 Å². The van der Waals surface area contributed by atoms with Gasteiger partial charge in [-0.25, -0.2) is 4.68 Å². The summed E-state index contributed by atoms with van der Waals surface area (Å²) in [6.45, 7) is 2.06. The first kappa shape index (κ1) is 16.9. The number of nitrogens with zero attached hydrogens (tertiary/aromatic N) is 3. The second-order valence-electron chi connectivity index (χ2n) is 5.70. The van der Waals surface area contributed by atoms with Crippen molar-refractivity contribution in [3.63, 3.8) is 0 Å². The summed E-state index contributed by atoms with van der Waals surface area (Å²) in [5.41, 5.74) is 2.74. The number of likely N-dealkylation sites (N-methyl/N-ethyl adjacent to an activating group) is 1. The predicted octanol–water partition coefficient (Wildman–Crippen LogP) is 4.40. The van der Waals surface area contributed by atoms with E-state index in [0.717, 1.165) is 12.1 Å². The van der Waals surface area contributed by atoms with Crippen LogP contribution in [0.2, 0.25) is 0 Å². The zero-order chi connectivity index (χ0) is 17.1. The van der Waals surface area contributed by atoms with Gasteiger partial charge in [0.25, 0.3) is 5.91 Å². The van der Waals surface area contributed by atoms with Gasteiger partial charge in [0.05, 0.1) is 17.4 Å². The maximum absolute atomic E-state index is 12.8. The van der Waals surface area contributed by atoms with Crippen LogP contribution in [-0.4, -0.2) is 33.7 Å². The van der Waals surface area contributed by atoms with Gasteiger partial charge in [-0.2, -0.15) is 16.4 Å². The van der Waals surface area contributed by atoms with Crippen LogP contribution in [0, 0.1) is 0 Å².